The van der Waals surface area contributed by atoms with E-state index in [4.69, 9.17) is 14.3 Å². The average Bonchev–Trinajstić information content (AvgIpc) is 3.21. The summed E-state index contributed by atoms with van der Waals surface area (Å²) in [7, 11) is 3.14. The lowest BCUT2D eigenvalue weighted by atomic mass is 10.0. The first kappa shape index (κ1) is 20.4. The first-order chi connectivity index (χ1) is 14.1. The van der Waals surface area contributed by atoms with Crippen LogP contribution in [0.15, 0.2) is 60.3 Å². The van der Waals surface area contributed by atoms with E-state index in [2.05, 4.69) is 11.7 Å². The monoisotopic (exact) mass is 398 g/mol. The topological polar surface area (TPSA) is 60.4 Å². The number of nitrogens with zero attached hydrogens (tertiary/aromatic N) is 2. The van der Waals surface area contributed by atoms with E-state index in [1.165, 1.54) is 17.0 Å². The normalized spacial score (nSPS) is 15.3. The highest BCUT2D eigenvalue weighted by Gasteiger charge is 2.28. The largest absolute Gasteiger partial charge is 0.493 e. The lowest BCUT2D eigenvalue weighted by molar-refractivity contribution is 0.0447. The van der Waals surface area contributed by atoms with Crippen LogP contribution in [0.1, 0.15) is 22.3 Å². The number of methoxy groups -OCH3 is 2. The lowest BCUT2D eigenvalue weighted by Gasteiger charge is -2.23. The fourth-order valence-corrected chi connectivity index (χ4v) is 3.16. The Labute approximate surface area is 169 Å². The van der Waals surface area contributed by atoms with Crippen LogP contribution in [0.4, 0.5) is 4.39 Å². The molecule has 0 aromatic heterocycles. The van der Waals surface area contributed by atoms with Gasteiger partial charge in [0.15, 0.2) is 17.6 Å². The van der Waals surface area contributed by atoms with Crippen molar-refractivity contribution in [1.29, 1.82) is 0 Å². The van der Waals surface area contributed by atoms with Crippen LogP contribution in [0.2, 0.25) is 0 Å². The van der Waals surface area contributed by atoms with Crippen LogP contribution in [0.3, 0.4) is 0 Å². The van der Waals surface area contributed by atoms with Crippen molar-refractivity contribution < 1.29 is 23.5 Å². The Kier molecular flexibility index (Phi) is 6.49. The van der Waals surface area contributed by atoms with E-state index >= 15 is 0 Å². The van der Waals surface area contributed by atoms with Crippen LogP contribution in [0.25, 0.3) is 0 Å². The zero-order chi connectivity index (χ0) is 20.8. The molecule has 7 heteroatoms. The number of amides is 1. The van der Waals surface area contributed by atoms with Gasteiger partial charge >= 0.3 is 0 Å². The highest BCUT2D eigenvalue weighted by atomic mass is 19.1. The molecule has 1 aliphatic heterocycles. The smallest absolute Gasteiger partial charge is 0.257 e. The second kappa shape index (κ2) is 9.23. The number of hydrogen-bond acceptors (Lipinski definition) is 5. The summed E-state index contributed by atoms with van der Waals surface area (Å²) in [6.45, 7) is 4.23. The zero-order valence-corrected chi connectivity index (χ0v) is 16.4. The van der Waals surface area contributed by atoms with Crippen LogP contribution < -0.4 is 9.47 Å². The zero-order valence-electron chi connectivity index (χ0n) is 16.4. The minimum Gasteiger partial charge on any atom is -0.493 e. The van der Waals surface area contributed by atoms with Crippen molar-refractivity contribution in [2.45, 2.75) is 12.5 Å². The van der Waals surface area contributed by atoms with Gasteiger partial charge in [0, 0.05) is 18.5 Å². The van der Waals surface area contributed by atoms with E-state index < -0.39 is 11.7 Å². The molecule has 0 radical (unpaired) electrons. The maximum atomic E-state index is 14.0. The molecule has 3 rings (SSSR count). The highest BCUT2D eigenvalue weighted by Crippen LogP contribution is 2.29. The molecule has 1 amide bonds. The molecule has 0 N–H and O–H groups in total. The fourth-order valence-electron chi connectivity index (χ4n) is 3.16. The van der Waals surface area contributed by atoms with Gasteiger partial charge in [-0.3, -0.25) is 4.79 Å². The SMILES string of the molecule is C=CCN(CC1CC(c2ccc(OC)c(OC)c2)=NO1)C(=O)c1ccccc1F. The Hall–Kier alpha value is -3.35. The lowest BCUT2D eigenvalue weighted by Crippen LogP contribution is -2.38. The summed E-state index contributed by atoms with van der Waals surface area (Å²) in [5.41, 5.74) is 1.61. The van der Waals surface area contributed by atoms with Crippen LogP contribution in [-0.4, -0.2) is 49.9 Å². The number of oxime groups is 1. The van der Waals surface area contributed by atoms with Gasteiger partial charge in [-0.15, -0.1) is 6.58 Å². The summed E-state index contributed by atoms with van der Waals surface area (Å²) in [5, 5.41) is 4.16. The molecule has 0 saturated heterocycles. The summed E-state index contributed by atoms with van der Waals surface area (Å²) in [4.78, 5) is 19.8. The first-order valence-corrected chi connectivity index (χ1v) is 9.17. The minimum atomic E-state index is -0.554. The van der Waals surface area contributed by atoms with Gasteiger partial charge in [-0.1, -0.05) is 23.4 Å². The van der Waals surface area contributed by atoms with Crippen LogP contribution in [0, 0.1) is 5.82 Å². The van der Waals surface area contributed by atoms with E-state index in [9.17, 15) is 9.18 Å². The maximum absolute atomic E-state index is 14.0. The minimum absolute atomic E-state index is 0.0216. The molecule has 2 aromatic carbocycles. The van der Waals surface area contributed by atoms with Crippen molar-refractivity contribution >= 4 is 11.6 Å². The van der Waals surface area contributed by atoms with Crippen molar-refractivity contribution in [2.24, 2.45) is 5.16 Å². The maximum Gasteiger partial charge on any atom is 0.257 e. The summed E-state index contributed by atoms with van der Waals surface area (Å²) in [6.07, 6.45) is 1.77. The van der Waals surface area contributed by atoms with E-state index in [-0.39, 0.29) is 24.8 Å². The summed E-state index contributed by atoms with van der Waals surface area (Å²) >= 11 is 0. The van der Waals surface area contributed by atoms with Crippen molar-refractivity contribution in [2.75, 3.05) is 27.3 Å². The number of carbonyl (C=O) groups excluding carboxylic acids is 1. The third kappa shape index (κ3) is 4.56. The predicted molar refractivity (Wildman–Crippen MR) is 108 cm³/mol. The number of ether oxygens (including phenoxy) is 2. The quantitative estimate of drug-likeness (QED) is 0.637. The van der Waals surface area contributed by atoms with Gasteiger partial charge in [-0.2, -0.15) is 0 Å². The van der Waals surface area contributed by atoms with Gasteiger partial charge < -0.3 is 19.2 Å². The molecule has 1 aliphatic rings. The van der Waals surface area contributed by atoms with E-state index in [1.807, 2.05) is 12.1 Å². The highest BCUT2D eigenvalue weighted by molar-refractivity contribution is 6.02. The first-order valence-electron chi connectivity index (χ1n) is 9.17. The molecule has 152 valence electrons. The van der Waals surface area contributed by atoms with Gasteiger partial charge in [0.05, 0.1) is 32.0 Å². The van der Waals surface area contributed by atoms with Gasteiger partial charge in [-0.25, -0.2) is 4.39 Å². The second-order valence-electron chi connectivity index (χ2n) is 6.52. The Morgan fingerprint density at radius 2 is 2.03 bits per heavy atom. The third-order valence-electron chi connectivity index (χ3n) is 4.61. The van der Waals surface area contributed by atoms with Crippen LogP contribution >= 0.6 is 0 Å². The van der Waals surface area contributed by atoms with Crippen LogP contribution in [0.5, 0.6) is 11.5 Å². The molecule has 29 heavy (non-hydrogen) atoms. The molecule has 1 unspecified atom stereocenters. The molecule has 0 aliphatic carbocycles. The van der Waals surface area contributed by atoms with Crippen molar-refractivity contribution in [3.63, 3.8) is 0 Å². The molecular formula is C22H23FN2O4. The van der Waals surface area contributed by atoms with Gasteiger partial charge in [0.1, 0.15) is 5.82 Å². The number of hydrogen-bond donors (Lipinski definition) is 0. The van der Waals surface area contributed by atoms with E-state index in [1.54, 1.807) is 38.5 Å². The van der Waals surface area contributed by atoms with E-state index in [0.717, 1.165) is 11.3 Å². The third-order valence-corrected chi connectivity index (χ3v) is 4.61. The van der Waals surface area contributed by atoms with Gasteiger partial charge in [0.2, 0.25) is 0 Å². The summed E-state index contributed by atoms with van der Waals surface area (Å²) in [6, 6.07) is 11.4. The predicted octanol–water partition coefficient (Wildman–Crippen LogP) is 3.66. The molecule has 1 atom stereocenters. The Bertz CT molecular complexity index is 929. The van der Waals surface area contributed by atoms with Crippen LogP contribution in [-0.2, 0) is 4.84 Å². The van der Waals surface area contributed by atoms with Crippen molar-refractivity contribution in [1.82, 2.24) is 4.90 Å². The Balaban J connectivity index is 1.70. The molecule has 1 heterocycles. The summed E-state index contributed by atoms with van der Waals surface area (Å²) < 4.78 is 24.6. The van der Waals surface area contributed by atoms with E-state index in [0.29, 0.717) is 17.9 Å². The summed E-state index contributed by atoms with van der Waals surface area (Å²) in [5.74, 6) is 0.256. The number of halogens is 1. The van der Waals surface area contributed by atoms with Gasteiger partial charge in [0.25, 0.3) is 5.91 Å². The molecule has 0 saturated carbocycles. The molecule has 2 aromatic rings. The number of carbonyl (C=O) groups is 1. The molecule has 6 nitrogen and oxygen atoms in total. The number of rotatable bonds is 8. The second-order valence-corrected chi connectivity index (χ2v) is 6.52. The average molecular weight is 398 g/mol. The molecule has 0 spiro atoms. The standard InChI is InChI=1S/C22H23FN2O4/c1-4-11-25(22(26)17-7-5-6-8-18(17)23)14-16-13-19(24-29-16)15-9-10-20(27-2)21(12-15)28-3/h4-10,12,16H,1,11,13-14H2,2-3H3. The number of benzene rings is 2. The molecular weight excluding hydrogens is 375 g/mol. The molecule has 0 fully saturated rings. The molecule has 0 bridgehead atoms. The van der Waals surface area contributed by atoms with Crippen molar-refractivity contribution in [3.05, 3.63) is 72.1 Å². The fraction of sp³-hybridized carbons (Fsp3) is 0.273. The Morgan fingerprint density at radius 1 is 1.28 bits per heavy atom. The van der Waals surface area contributed by atoms with Gasteiger partial charge in [-0.05, 0) is 30.3 Å². The van der Waals surface area contributed by atoms with Crippen molar-refractivity contribution in [3.8, 4) is 11.5 Å². The Morgan fingerprint density at radius 3 is 2.72 bits per heavy atom.